The van der Waals surface area contributed by atoms with E-state index in [0.29, 0.717) is 11.8 Å². The number of nitrogen functional groups attached to an aromatic ring is 1. The van der Waals surface area contributed by atoms with Crippen molar-refractivity contribution in [3.05, 3.63) is 29.8 Å². The molecule has 138 valence electrons. The number of nitrogens with two attached hydrogens (primary N) is 1. The molecule has 0 atom stereocenters. The monoisotopic (exact) mass is 373 g/mol. The normalized spacial score (nSPS) is 15.4. The van der Waals surface area contributed by atoms with Crippen LogP contribution in [0, 0.1) is 0 Å². The van der Waals surface area contributed by atoms with Crippen molar-refractivity contribution < 1.29 is 9.53 Å². The van der Waals surface area contributed by atoms with Gasteiger partial charge in [0.15, 0.2) is 0 Å². The van der Waals surface area contributed by atoms with E-state index in [-0.39, 0.29) is 17.6 Å². The Morgan fingerprint density at radius 2 is 2.19 bits per heavy atom. The van der Waals surface area contributed by atoms with E-state index in [9.17, 15) is 4.79 Å². The number of carbonyl (C=O) groups is 1. The fourth-order valence-electron chi connectivity index (χ4n) is 3.23. The van der Waals surface area contributed by atoms with Crippen molar-refractivity contribution in [3.8, 4) is 5.75 Å². The molecular weight excluding hydrogens is 350 g/mol. The van der Waals surface area contributed by atoms with Crippen LogP contribution in [0.5, 0.6) is 5.75 Å². The summed E-state index contributed by atoms with van der Waals surface area (Å²) in [7, 11) is 0. The average molecular weight is 373 g/mol. The number of fused-ring (bicyclic) bond motifs is 1. The van der Waals surface area contributed by atoms with E-state index >= 15 is 0 Å². The van der Waals surface area contributed by atoms with Crippen LogP contribution in [0.3, 0.4) is 0 Å². The SMILES string of the molecule is CCOc1ccc2c(c1)C(C)=CC(C)(C)N2C(=O)CSc1n[nH]c(N)n1. The van der Waals surface area contributed by atoms with Crippen molar-refractivity contribution >= 4 is 34.9 Å². The Morgan fingerprint density at radius 3 is 2.85 bits per heavy atom. The minimum atomic E-state index is -0.431. The summed E-state index contributed by atoms with van der Waals surface area (Å²) in [5.74, 6) is 1.25. The van der Waals surface area contributed by atoms with Crippen LogP contribution < -0.4 is 15.4 Å². The van der Waals surface area contributed by atoms with Crippen molar-refractivity contribution in [2.45, 2.75) is 38.4 Å². The molecule has 1 amide bonds. The lowest BCUT2D eigenvalue weighted by molar-refractivity contribution is -0.116. The minimum Gasteiger partial charge on any atom is -0.494 e. The molecule has 0 bridgehead atoms. The number of thioether (sulfide) groups is 1. The van der Waals surface area contributed by atoms with Gasteiger partial charge in [-0.15, -0.1) is 5.10 Å². The molecule has 3 rings (SSSR count). The second-order valence-electron chi connectivity index (χ2n) is 6.61. The third kappa shape index (κ3) is 3.55. The van der Waals surface area contributed by atoms with E-state index < -0.39 is 5.54 Å². The van der Waals surface area contributed by atoms with E-state index in [2.05, 4.69) is 28.2 Å². The average Bonchev–Trinajstić information content (AvgIpc) is 2.98. The first-order valence-corrected chi connectivity index (χ1v) is 9.41. The predicted molar refractivity (Wildman–Crippen MR) is 104 cm³/mol. The number of hydrogen-bond acceptors (Lipinski definition) is 6. The second-order valence-corrected chi connectivity index (χ2v) is 7.56. The highest BCUT2D eigenvalue weighted by Gasteiger charge is 2.35. The zero-order valence-electron chi connectivity index (χ0n) is 15.4. The highest BCUT2D eigenvalue weighted by Crippen LogP contribution is 2.41. The van der Waals surface area contributed by atoms with Crippen LogP contribution in [0.1, 0.15) is 33.3 Å². The smallest absolute Gasteiger partial charge is 0.238 e. The maximum absolute atomic E-state index is 13.0. The fraction of sp³-hybridized carbons (Fsp3) is 0.389. The van der Waals surface area contributed by atoms with Crippen molar-refractivity contribution in [2.24, 2.45) is 0 Å². The summed E-state index contributed by atoms with van der Waals surface area (Å²) in [6.45, 7) is 8.68. The molecule has 3 N–H and O–H groups in total. The number of nitrogens with one attached hydrogen (secondary N) is 1. The number of ether oxygens (including phenoxy) is 1. The molecule has 0 saturated carbocycles. The van der Waals surface area contributed by atoms with Gasteiger partial charge in [0, 0.05) is 5.56 Å². The van der Waals surface area contributed by atoms with Crippen molar-refractivity contribution in [2.75, 3.05) is 23.0 Å². The Hall–Kier alpha value is -2.48. The van der Waals surface area contributed by atoms with E-state index in [1.807, 2.05) is 43.9 Å². The number of hydrogen-bond donors (Lipinski definition) is 2. The first-order valence-electron chi connectivity index (χ1n) is 8.42. The summed E-state index contributed by atoms with van der Waals surface area (Å²) in [5, 5.41) is 7.00. The predicted octanol–water partition coefficient (Wildman–Crippen LogP) is 3.11. The van der Waals surface area contributed by atoms with Crippen LogP contribution in [0.2, 0.25) is 0 Å². The number of carbonyl (C=O) groups excluding carboxylic acids is 1. The van der Waals surface area contributed by atoms with Gasteiger partial charge < -0.3 is 15.4 Å². The topological polar surface area (TPSA) is 97.1 Å². The fourth-order valence-corrected chi connectivity index (χ4v) is 3.89. The molecule has 1 aliphatic heterocycles. The quantitative estimate of drug-likeness (QED) is 0.782. The van der Waals surface area contributed by atoms with E-state index in [1.165, 1.54) is 11.8 Å². The van der Waals surface area contributed by atoms with Crippen molar-refractivity contribution in [3.63, 3.8) is 0 Å². The van der Waals surface area contributed by atoms with Gasteiger partial charge >= 0.3 is 0 Å². The number of aromatic amines is 1. The lowest BCUT2D eigenvalue weighted by Crippen LogP contribution is -2.49. The molecule has 26 heavy (non-hydrogen) atoms. The molecule has 2 aromatic rings. The standard InChI is InChI=1S/C18H23N5O2S/c1-5-25-12-6-7-14-13(8-12)11(2)9-18(3,4)23(14)15(24)10-26-17-20-16(19)21-22-17/h6-9H,5,10H2,1-4H3,(H3,19,20,21,22). The van der Waals surface area contributed by atoms with Crippen molar-refractivity contribution in [1.82, 2.24) is 15.2 Å². The Balaban J connectivity index is 1.89. The maximum Gasteiger partial charge on any atom is 0.238 e. The Morgan fingerprint density at radius 1 is 1.42 bits per heavy atom. The number of H-pyrrole nitrogens is 1. The van der Waals surface area contributed by atoms with E-state index in [0.717, 1.165) is 22.6 Å². The molecule has 0 saturated heterocycles. The summed E-state index contributed by atoms with van der Waals surface area (Å²) in [4.78, 5) is 18.9. The maximum atomic E-state index is 13.0. The highest BCUT2D eigenvalue weighted by atomic mass is 32.2. The summed E-state index contributed by atoms with van der Waals surface area (Å²) in [6, 6.07) is 5.84. The zero-order valence-corrected chi connectivity index (χ0v) is 16.2. The van der Waals surface area contributed by atoms with Gasteiger partial charge in [0.25, 0.3) is 0 Å². The number of aromatic nitrogens is 3. The van der Waals surface area contributed by atoms with Gasteiger partial charge in [-0.25, -0.2) is 5.10 Å². The molecule has 0 radical (unpaired) electrons. The van der Waals surface area contributed by atoms with Gasteiger partial charge in [-0.3, -0.25) is 4.79 Å². The molecule has 8 heteroatoms. The van der Waals surface area contributed by atoms with Gasteiger partial charge in [-0.1, -0.05) is 17.8 Å². The van der Waals surface area contributed by atoms with Gasteiger partial charge in [-0.05, 0) is 51.5 Å². The Labute approximate surface area is 157 Å². The number of rotatable bonds is 5. The van der Waals surface area contributed by atoms with Gasteiger partial charge in [0.2, 0.25) is 17.0 Å². The molecule has 7 nitrogen and oxygen atoms in total. The van der Waals surface area contributed by atoms with Gasteiger partial charge in [0.05, 0.1) is 23.6 Å². The third-order valence-electron chi connectivity index (χ3n) is 4.15. The van der Waals surface area contributed by atoms with Gasteiger partial charge in [-0.2, -0.15) is 4.98 Å². The van der Waals surface area contributed by atoms with E-state index in [1.54, 1.807) is 0 Å². The number of benzene rings is 1. The molecule has 0 fully saturated rings. The van der Waals surface area contributed by atoms with Crippen LogP contribution in [-0.4, -0.2) is 39.0 Å². The van der Waals surface area contributed by atoms with E-state index in [4.69, 9.17) is 10.5 Å². The van der Waals surface area contributed by atoms with Crippen LogP contribution in [0.4, 0.5) is 11.6 Å². The number of allylic oxidation sites excluding steroid dienone is 1. The molecule has 1 aromatic carbocycles. The summed E-state index contributed by atoms with van der Waals surface area (Å²) >= 11 is 1.26. The summed E-state index contributed by atoms with van der Waals surface area (Å²) < 4.78 is 5.61. The van der Waals surface area contributed by atoms with Crippen LogP contribution >= 0.6 is 11.8 Å². The van der Waals surface area contributed by atoms with Crippen LogP contribution in [0.15, 0.2) is 29.4 Å². The largest absolute Gasteiger partial charge is 0.494 e. The molecular formula is C18H23N5O2S. The van der Waals surface area contributed by atoms with Gasteiger partial charge in [0.1, 0.15) is 5.75 Å². The highest BCUT2D eigenvalue weighted by molar-refractivity contribution is 7.99. The Bertz CT molecular complexity index is 859. The molecule has 1 aromatic heterocycles. The second kappa shape index (κ2) is 7.03. The Kier molecular flexibility index (Phi) is 4.95. The minimum absolute atomic E-state index is 0.0162. The zero-order chi connectivity index (χ0) is 18.9. The third-order valence-corrected chi connectivity index (χ3v) is 4.98. The lowest BCUT2D eigenvalue weighted by Gasteiger charge is -2.41. The molecule has 0 unspecified atom stereocenters. The molecule has 2 heterocycles. The van der Waals surface area contributed by atoms with Crippen LogP contribution in [-0.2, 0) is 4.79 Å². The number of amides is 1. The molecule has 1 aliphatic rings. The first kappa shape index (κ1) is 18.3. The number of nitrogens with zero attached hydrogens (tertiary/aromatic N) is 3. The lowest BCUT2D eigenvalue weighted by atomic mass is 9.88. The molecule has 0 spiro atoms. The first-order chi connectivity index (χ1) is 12.3. The molecule has 0 aliphatic carbocycles. The number of anilines is 2. The van der Waals surface area contributed by atoms with Crippen LogP contribution in [0.25, 0.3) is 5.57 Å². The summed E-state index contributed by atoms with van der Waals surface area (Å²) in [6.07, 6.45) is 2.11. The van der Waals surface area contributed by atoms with Crippen molar-refractivity contribution in [1.29, 1.82) is 0 Å². The summed E-state index contributed by atoms with van der Waals surface area (Å²) in [5.41, 5.74) is 8.13.